The lowest BCUT2D eigenvalue weighted by Crippen LogP contribution is -2.34. The molecule has 0 radical (unpaired) electrons. The number of hydrogen-bond acceptors (Lipinski definition) is 7. The Hall–Kier alpha value is -4.68. The highest BCUT2D eigenvalue weighted by Gasteiger charge is 2.38. The van der Waals surface area contributed by atoms with Crippen LogP contribution in [0.15, 0.2) is 67.0 Å². The van der Waals surface area contributed by atoms with Gasteiger partial charge in [0.05, 0.1) is 11.2 Å². The van der Waals surface area contributed by atoms with Crippen LogP contribution >= 0.6 is 0 Å². The monoisotopic (exact) mass is 583 g/mol. The first kappa shape index (κ1) is 30.3. The average molecular weight is 584 g/mol. The van der Waals surface area contributed by atoms with Crippen molar-refractivity contribution >= 4 is 34.5 Å². The summed E-state index contributed by atoms with van der Waals surface area (Å²) in [7, 11) is 4.01. The molecule has 1 aliphatic rings. The van der Waals surface area contributed by atoms with Gasteiger partial charge in [-0.1, -0.05) is 12.1 Å². The summed E-state index contributed by atoms with van der Waals surface area (Å²) in [5, 5.41) is 19.1. The quantitative estimate of drug-likeness (QED) is 0.280. The van der Waals surface area contributed by atoms with E-state index in [1.54, 1.807) is 10.9 Å². The van der Waals surface area contributed by atoms with Gasteiger partial charge in [-0.25, -0.2) is 14.5 Å². The number of benzene rings is 2. The molecule has 1 aliphatic carbocycles. The van der Waals surface area contributed by atoms with Gasteiger partial charge >= 0.3 is 12.1 Å². The molecule has 3 N–H and O–H groups in total. The predicted octanol–water partition coefficient (Wildman–Crippen LogP) is 4.92. The zero-order chi connectivity index (χ0) is 30.3. The highest BCUT2D eigenvalue weighted by atomic mass is 19.4. The van der Waals surface area contributed by atoms with Crippen LogP contribution in [-0.4, -0.2) is 69.6 Å². The van der Waals surface area contributed by atoms with Crippen LogP contribution in [0.2, 0.25) is 0 Å². The van der Waals surface area contributed by atoms with Crippen LogP contribution in [0.3, 0.4) is 0 Å². The van der Waals surface area contributed by atoms with Gasteiger partial charge in [0.2, 0.25) is 5.95 Å². The number of para-hydroxylation sites is 1. The maximum Gasteiger partial charge on any atom is 0.490 e. The third-order valence-electron chi connectivity index (χ3n) is 6.88. The van der Waals surface area contributed by atoms with E-state index in [0.29, 0.717) is 30.0 Å². The number of rotatable bonds is 7. The highest BCUT2D eigenvalue weighted by Crippen LogP contribution is 2.28. The topological polar surface area (TPSA) is 125 Å². The second-order valence-electron chi connectivity index (χ2n) is 10.2. The summed E-state index contributed by atoms with van der Waals surface area (Å²) in [6.45, 7) is 0.698. The van der Waals surface area contributed by atoms with Crippen molar-refractivity contribution in [3.8, 4) is 5.69 Å². The summed E-state index contributed by atoms with van der Waals surface area (Å²) in [6.07, 6.45) is 2.72. The van der Waals surface area contributed by atoms with Crippen molar-refractivity contribution in [3.63, 3.8) is 0 Å². The van der Waals surface area contributed by atoms with Gasteiger partial charge in [0.25, 0.3) is 5.91 Å². The van der Waals surface area contributed by atoms with Crippen LogP contribution in [0.4, 0.5) is 24.9 Å². The molecular formula is C29H32F3N7O3. The van der Waals surface area contributed by atoms with E-state index in [-0.39, 0.29) is 5.91 Å². The normalized spacial score (nSPS) is 16.7. The average Bonchev–Trinajstić information content (AvgIpc) is 3.51. The summed E-state index contributed by atoms with van der Waals surface area (Å²) in [5.41, 5.74) is 2.55. The molecular weight excluding hydrogens is 551 g/mol. The SMILES string of the molecule is CN(C)c1nc(NC2CCC(CNC(=O)c3ccc(-n4cccn4)cc3)CC2)nc2ccccc12.O=C(O)C(F)(F)F. The number of anilines is 2. The van der Waals surface area contributed by atoms with Crippen molar-refractivity contribution in [2.24, 2.45) is 5.92 Å². The fourth-order valence-electron chi connectivity index (χ4n) is 4.68. The second kappa shape index (κ2) is 13.3. The molecule has 0 unspecified atom stereocenters. The third-order valence-corrected chi connectivity index (χ3v) is 6.88. The van der Waals surface area contributed by atoms with Crippen LogP contribution in [0.5, 0.6) is 0 Å². The first-order valence-corrected chi connectivity index (χ1v) is 13.4. The summed E-state index contributed by atoms with van der Waals surface area (Å²) < 4.78 is 33.5. The van der Waals surface area contributed by atoms with Crippen LogP contribution < -0.4 is 15.5 Å². The molecule has 42 heavy (non-hydrogen) atoms. The fraction of sp³-hybridized carbons (Fsp3) is 0.345. The molecule has 222 valence electrons. The van der Waals surface area contributed by atoms with Crippen molar-refractivity contribution in [2.75, 3.05) is 30.9 Å². The van der Waals surface area contributed by atoms with Crippen LogP contribution in [0.1, 0.15) is 36.0 Å². The number of carbonyl (C=O) groups is 2. The Bertz CT molecular complexity index is 1480. The van der Waals surface area contributed by atoms with E-state index < -0.39 is 12.1 Å². The molecule has 0 aliphatic heterocycles. The lowest BCUT2D eigenvalue weighted by Gasteiger charge is -2.29. The highest BCUT2D eigenvalue weighted by molar-refractivity contribution is 5.94. The molecule has 4 aromatic rings. The maximum atomic E-state index is 12.6. The lowest BCUT2D eigenvalue weighted by atomic mass is 9.86. The summed E-state index contributed by atoms with van der Waals surface area (Å²) in [4.78, 5) is 33.0. The van der Waals surface area contributed by atoms with Crippen LogP contribution in [-0.2, 0) is 4.79 Å². The molecule has 5 rings (SSSR count). The Morgan fingerprint density at radius 3 is 2.26 bits per heavy atom. The molecule has 0 bridgehead atoms. The molecule has 10 nitrogen and oxygen atoms in total. The van der Waals surface area contributed by atoms with Crippen molar-refractivity contribution in [2.45, 2.75) is 37.9 Å². The standard InChI is InChI=1S/C27H31N7O.C2HF3O2/c1-33(2)25-23-6-3-4-7-24(23)31-27(32-25)30-21-12-8-19(9-13-21)18-28-26(35)20-10-14-22(15-11-20)34-17-5-16-29-34;3-2(4,5)1(6)7/h3-7,10-11,14-17,19,21H,8-9,12-13,18H2,1-2H3,(H,28,35)(H,30,31,32);(H,6,7). The number of nitrogens with zero attached hydrogens (tertiary/aromatic N) is 5. The number of carboxylic acids is 1. The smallest absolute Gasteiger partial charge is 0.475 e. The van der Waals surface area contributed by atoms with Crippen molar-refractivity contribution in [1.82, 2.24) is 25.1 Å². The summed E-state index contributed by atoms with van der Waals surface area (Å²) in [6, 6.07) is 17.8. The summed E-state index contributed by atoms with van der Waals surface area (Å²) >= 11 is 0. The van der Waals surface area contributed by atoms with Gasteiger partial charge in [-0.05, 0) is 74.1 Å². The molecule has 13 heteroatoms. The van der Waals surface area contributed by atoms with Crippen molar-refractivity contribution in [3.05, 3.63) is 72.6 Å². The number of nitrogens with one attached hydrogen (secondary N) is 2. The van der Waals surface area contributed by atoms with Gasteiger partial charge in [-0.15, -0.1) is 0 Å². The Kier molecular flexibility index (Phi) is 9.60. The van der Waals surface area contributed by atoms with Gasteiger partial charge in [0, 0.05) is 50.0 Å². The second-order valence-corrected chi connectivity index (χ2v) is 10.2. The van der Waals surface area contributed by atoms with Gasteiger partial charge < -0.3 is 20.6 Å². The Balaban J connectivity index is 0.000000517. The fourth-order valence-corrected chi connectivity index (χ4v) is 4.68. The number of amides is 1. The maximum absolute atomic E-state index is 12.6. The largest absolute Gasteiger partial charge is 0.490 e. The molecule has 0 spiro atoms. The number of carboxylic acid groups (broad SMARTS) is 1. The van der Waals surface area contributed by atoms with Crippen molar-refractivity contribution in [1.29, 1.82) is 0 Å². The minimum absolute atomic E-state index is 0.0296. The number of carbonyl (C=O) groups excluding carboxylic acids is 1. The Morgan fingerprint density at radius 1 is 1.00 bits per heavy atom. The molecule has 0 saturated heterocycles. The van der Waals surface area contributed by atoms with Crippen LogP contribution in [0.25, 0.3) is 16.6 Å². The Labute approximate surface area is 240 Å². The molecule has 2 heterocycles. The van der Waals surface area contributed by atoms with Gasteiger partial charge in [0.1, 0.15) is 5.82 Å². The van der Waals surface area contributed by atoms with Crippen molar-refractivity contribution < 1.29 is 27.9 Å². The molecule has 1 fully saturated rings. The number of aliphatic carboxylic acids is 1. The predicted molar refractivity (Wildman–Crippen MR) is 153 cm³/mol. The number of alkyl halides is 3. The third kappa shape index (κ3) is 7.95. The van der Waals surface area contributed by atoms with Crippen LogP contribution in [0, 0.1) is 5.92 Å². The molecule has 2 aromatic carbocycles. The number of aromatic nitrogens is 4. The Morgan fingerprint density at radius 2 is 1.67 bits per heavy atom. The zero-order valence-corrected chi connectivity index (χ0v) is 23.2. The first-order valence-electron chi connectivity index (χ1n) is 13.4. The van der Waals surface area contributed by atoms with E-state index in [1.807, 2.05) is 73.7 Å². The minimum Gasteiger partial charge on any atom is -0.475 e. The first-order chi connectivity index (χ1) is 20.0. The van der Waals surface area contributed by atoms with Gasteiger partial charge in [-0.3, -0.25) is 4.79 Å². The molecule has 0 atom stereocenters. The van der Waals surface area contributed by atoms with E-state index >= 15 is 0 Å². The van der Waals surface area contributed by atoms with Gasteiger partial charge in [0.15, 0.2) is 0 Å². The van der Waals surface area contributed by atoms with E-state index in [4.69, 9.17) is 19.9 Å². The van der Waals surface area contributed by atoms with E-state index in [1.165, 1.54) is 0 Å². The van der Waals surface area contributed by atoms with Gasteiger partial charge in [-0.2, -0.15) is 23.3 Å². The molecule has 1 saturated carbocycles. The number of halogens is 3. The number of fused-ring (bicyclic) bond motifs is 1. The number of hydrogen-bond donors (Lipinski definition) is 3. The lowest BCUT2D eigenvalue weighted by molar-refractivity contribution is -0.192. The van der Waals surface area contributed by atoms with E-state index in [0.717, 1.165) is 48.1 Å². The molecule has 1 amide bonds. The van der Waals surface area contributed by atoms with E-state index in [9.17, 15) is 18.0 Å². The zero-order valence-electron chi connectivity index (χ0n) is 23.2. The molecule has 2 aromatic heterocycles. The van der Waals surface area contributed by atoms with E-state index in [2.05, 4.69) is 21.8 Å². The summed E-state index contributed by atoms with van der Waals surface area (Å²) in [5.74, 6) is -0.699. The minimum atomic E-state index is -5.08.